The van der Waals surface area contributed by atoms with Gasteiger partial charge >= 0.3 is 0 Å². The lowest BCUT2D eigenvalue weighted by molar-refractivity contribution is 0.268. The van der Waals surface area contributed by atoms with Crippen molar-refractivity contribution in [2.75, 3.05) is 44.4 Å². The Hall–Kier alpha value is -2.38. The molecule has 0 unspecified atom stereocenters. The van der Waals surface area contributed by atoms with Crippen molar-refractivity contribution >= 4 is 17.5 Å². The number of nitrogens with zero attached hydrogens (tertiary/aromatic N) is 3. The van der Waals surface area contributed by atoms with Crippen molar-refractivity contribution < 1.29 is 4.74 Å². The van der Waals surface area contributed by atoms with Gasteiger partial charge in [-0.05, 0) is 51.4 Å². The molecule has 1 aliphatic heterocycles. The fourth-order valence-electron chi connectivity index (χ4n) is 3.65. The maximum atomic E-state index is 5.53. The Labute approximate surface area is 167 Å². The van der Waals surface area contributed by atoms with Crippen molar-refractivity contribution in [3.05, 3.63) is 35.5 Å². The summed E-state index contributed by atoms with van der Waals surface area (Å²) in [5, 5.41) is 9.91. The monoisotopic (exact) mass is 384 g/mol. The third-order valence-electron chi connectivity index (χ3n) is 5.23. The SMILES string of the molecule is CNc1cc(C)nc(Nc2ccc(OC)c(CNCCN3CCC[C@H]3C)c2)n1. The molecule has 1 aromatic heterocycles. The molecule has 0 amide bonds. The number of likely N-dealkylation sites (tertiary alicyclic amines) is 1. The number of aryl methyl sites for hydroxylation is 1. The predicted octanol–water partition coefficient (Wildman–Crippen LogP) is 3.15. The molecular formula is C21H32N6O. The summed E-state index contributed by atoms with van der Waals surface area (Å²) >= 11 is 0. The number of hydrogen-bond donors (Lipinski definition) is 3. The minimum absolute atomic E-state index is 0.580. The van der Waals surface area contributed by atoms with Gasteiger partial charge in [-0.2, -0.15) is 4.98 Å². The fraction of sp³-hybridized carbons (Fsp3) is 0.524. The number of rotatable bonds is 9. The molecule has 7 nitrogen and oxygen atoms in total. The smallest absolute Gasteiger partial charge is 0.229 e. The van der Waals surface area contributed by atoms with Gasteiger partial charge in [-0.3, -0.25) is 4.90 Å². The van der Waals surface area contributed by atoms with Gasteiger partial charge in [-0.25, -0.2) is 4.98 Å². The molecule has 28 heavy (non-hydrogen) atoms. The summed E-state index contributed by atoms with van der Waals surface area (Å²) in [6.07, 6.45) is 2.64. The van der Waals surface area contributed by atoms with E-state index < -0.39 is 0 Å². The minimum atomic E-state index is 0.580. The normalized spacial score (nSPS) is 16.9. The van der Waals surface area contributed by atoms with Crippen LogP contribution >= 0.6 is 0 Å². The maximum Gasteiger partial charge on any atom is 0.229 e. The third-order valence-corrected chi connectivity index (χ3v) is 5.23. The van der Waals surface area contributed by atoms with Crippen molar-refractivity contribution in [2.24, 2.45) is 0 Å². The van der Waals surface area contributed by atoms with E-state index in [9.17, 15) is 0 Å². The predicted molar refractivity (Wildman–Crippen MR) is 115 cm³/mol. The van der Waals surface area contributed by atoms with Crippen molar-refractivity contribution in [3.8, 4) is 5.75 Å². The largest absolute Gasteiger partial charge is 0.496 e. The number of hydrogen-bond acceptors (Lipinski definition) is 7. The molecule has 0 radical (unpaired) electrons. The van der Waals surface area contributed by atoms with Gasteiger partial charge in [0, 0.05) is 55.7 Å². The molecule has 3 rings (SSSR count). The fourth-order valence-corrected chi connectivity index (χ4v) is 3.65. The van der Waals surface area contributed by atoms with Gasteiger partial charge < -0.3 is 20.7 Å². The lowest BCUT2D eigenvalue weighted by atomic mass is 10.1. The first-order chi connectivity index (χ1) is 13.6. The van der Waals surface area contributed by atoms with Crippen LogP contribution in [0.3, 0.4) is 0 Å². The van der Waals surface area contributed by atoms with Crippen LogP contribution in [0.4, 0.5) is 17.5 Å². The van der Waals surface area contributed by atoms with Crippen LogP contribution in [0.5, 0.6) is 5.75 Å². The van der Waals surface area contributed by atoms with E-state index >= 15 is 0 Å². The first-order valence-corrected chi connectivity index (χ1v) is 10.0. The van der Waals surface area contributed by atoms with E-state index in [0.29, 0.717) is 12.0 Å². The van der Waals surface area contributed by atoms with E-state index in [2.05, 4.69) is 43.8 Å². The maximum absolute atomic E-state index is 5.53. The number of aromatic nitrogens is 2. The summed E-state index contributed by atoms with van der Waals surface area (Å²) in [6, 6.07) is 8.68. The van der Waals surface area contributed by atoms with Crippen molar-refractivity contribution in [2.45, 2.75) is 39.3 Å². The average molecular weight is 385 g/mol. The lowest BCUT2D eigenvalue weighted by Gasteiger charge is -2.21. The third kappa shape index (κ3) is 5.33. The molecule has 1 aliphatic rings. The van der Waals surface area contributed by atoms with Crippen LogP contribution in [0, 0.1) is 6.92 Å². The molecule has 0 spiro atoms. The van der Waals surface area contributed by atoms with Gasteiger partial charge in [0.2, 0.25) is 5.95 Å². The molecular weight excluding hydrogens is 352 g/mol. The summed E-state index contributed by atoms with van der Waals surface area (Å²) in [4.78, 5) is 11.5. The Kier molecular flexibility index (Phi) is 7.06. The van der Waals surface area contributed by atoms with Gasteiger partial charge in [0.25, 0.3) is 0 Å². The zero-order valence-corrected chi connectivity index (χ0v) is 17.4. The zero-order chi connectivity index (χ0) is 19.9. The van der Waals surface area contributed by atoms with Crippen LogP contribution in [-0.4, -0.2) is 54.7 Å². The molecule has 1 saturated heterocycles. The number of methoxy groups -OCH3 is 1. The minimum Gasteiger partial charge on any atom is -0.496 e. The number of ether oxygens (including phenoxy) is 1. The van der Waals surface area contributed by atoms with E-state index in [1.54, 1.807) is 7.11 Å². The Morgan fingerprint density at radius 2 is 2.11 bits per heavy atom. The van der Waals surface area contributed by atoms with Crippen molar-refractivity contribution in [1.29, 1.82) is 0 Å². The van der Waals surface area contributed by atoms with Crippen LogP contribution < -0.4 is 20.7 Å². The topological polar surface area (TPSA) is 74.3 Å². The van der Waals surface area contributed by atoms with Crippen LogP contribution in [0.15, 0.2) is 24.3 Å². The molecule has 2 aromatic rings. The van der Waals surface area contributed by atoms with Crippen LogP contribution in [0.25, 0.3) is 0 Å². The van der Waals surface area contributed by atoms with Gasteiger partial charge in [0.1, 0.15) is 11.6 Å². The van der Waals surface area contributed by atoms with Gasteiger partial charge in [-0.1, -0.05) is 0 Å². The Morgan fingerprint density at radius 3 is 2.82 bits per heavy atom. The second-order valence-corrected chi connectivity index (χ2v) is 7.32. The van der Waals surface area contributed by atoms with Gasteiger partial charge in [0.05, 0.1) is 7.11 Å². The van der Waals surface area contributed by atoms with Crippen LogP contribution in [0.2, 0.25) is 0 Å². The van der Waals surface area contributed by atoms with Crippen molar-refractivity contribution in [3.63, 3.8) is 0 Å². The highest BCUT2D eigenvalue weighted by atomic mass is 16.5. The second-order valence-electron chi connectivity index (χ2n) is 7.32. The standard InChI is InChI=1S/C21H32N6O/c1-15-12-20(22-3)26-21(24-15)25-18-7-8-19(28-4)17(13-18)14-23-9-11-27-10-5-6-16(27)2/h7-8,12-13,16,23H,5-6,9-11,14H2,1-4H3,(H2,22,24,25,26)/t16-/m1/s1. The molecule has 3 N–H and O–H groups in total. The Balaban J connectivity index is 1.62. The van der Waals surface area contributed by atoms with E-state index in [1.807, 2.05) is 32.2 Å². The van der Waals surface area contributed by atoms with Crippen molar-refractivity contribution in [1.82, 2.24) is 20.2 Å². The molecule has 7 heteroatoms. The number of anilines is 3. The molecule has 0 aliphatic carbocycles. The molecule has 1 aromatic carbocycles. The van der Waals surface area contributed by atoms with E-state index in [0.717, 1.165) is 48.1 Å². The molecule has 2 heterocycles. The first-order valence-electron chi connectivity index (χ1n) is 10.0. The van der Waals surface area contributed by atoms with E-state index in [1.165, 1.54) is 19.4 Å². The zero-order valence-electron chi connectivity index (χ0n) is 17.4. The van der Waals surface area contributed by atoms with Crippen LogP contribution in [-0.2, 0) is 6.54 Å². The summed E-state index contributed by atoms with van der Waals surface area (Å²) < 4.78 is 5.53. The summed E-state index contributed by atoms with van der Waals surface area (Å²) in [7, 11) is 3.56. The highest BCUT2D eigenvalue weighted by Gasteiger charge is 2.19. The summed E-state index contributed by atoms with van der Waals surface area (Å²) in [5.74, 6) is 2.26. The number of nitrogens with one attached hydrogen (secondary N) is 3. The average Bonchev–Trinajstić information content (AvgIpc) is 3.09. The molecule has 152 valence electrons. The summed E-state index contributed by atoms with van der Waals surface area (Å²) in [5.41, 5.74) is 2.97. The molecule has 1 atom stereocenters. The Bertz CT molecular complexity index is 781. The number of benzene rings is 1. The van der Waals surface area contributed by atoms with E-state index in [-0.39, 0.29) is 0 Å². The van der Waals surface area contributed by atoms with Gasteiger partial charge in [0.15, 0.2) is 0 Å². The van der Waals surface area contributed by atoms with Crippen LogP contribution in [0.1, 0.15) is 31.0 Å². The lowest BCUT2D eigenvalue weighted by Crippen LogP contribution is -2.34. The molecule has 0 saturated carbocycles. The highest BCUT2D eigenvalue weighted by molar-refractivity contribution is 5.58. The molecule has 0 bridgehead atoms. The second kappa shape index (κ2) is 9.71. The van der Waals surface area contributed by atoms with E-state index in [4.69, 9.17) is 4.74 Å². The first kappa shape index (κ1) is 20.4. The quantitative estimate of drug-likeness (QED) is 0.574. The molecule has 1 fully saturated rings. The van der Waals surface area contributed by atoms with Gasteiger partial charge in [-0.15, -0.1) is 0 Å². The highest BCUT2D eigenvalue weighted by Crippen LogP contribution is 2.24. The summed E-state index contributed by atoms with van der Waals surface area (Å²) in [6.45, 7) is 8.31. The Morgan fingerprint density at radius 1 is 1.25 bits per heavy atom.